The van der Waals surface area contributed by atoms with Gasteiger partial charge in [-0.2, -0.15) is 5.10 Å². The van der Waals surface area contributed by atoms with Crippen LogP contribution in [0.25, 0.3) is 0 Å². The normalized spacial score (nSPS) is 10.3. The van der Waals surface area contributed by atoms with E-state index in [9.17, 15) is 4.79 Å². The van der Waals surface area contributed by atoms with Crippen LogP contribution >= 0.6 is 0 Å². The van der Waals surface area contributed by atoms with Crippen LogP contribution in [-0.4, -0.2) is 16.1 Å². The first-order valence-electron chi connectivity index (χ1n) is 5.05. The first-order chi connectivity index (χ1) is 7.65. The molecule has 0 saturated heterocycles. The molecule has 0 bridgehead atoms. The Labute approximate surface area is 93.5 Å². The zero-order valence-corrected chi connectivity index (χ0v) is 9.03. The van der Waals surface area contributed by atoms with E-state index in [1.165, 1.54) is 11.1 Å². The Balaban J connectivity index is 2.14. The number of benzene rings is 1. The third-order valence-corrected chi connectivity index (χ3v) is 2.40. The molecule has 16 heavy (non-hydrogen) atoms. The van der Waals surface area contributed by atoms with E-state index in [0.717, 1.165) is 12.1 Å². The highest BCUT2D eigenvalue weighted by atomic mass is 16.1. The predicted molar refractivity (Wildman–Crippen MR) is 61.1 cm³/mol. The average Bonchev–Trinajstić information content (AvgIpc) is 2.70. The van der Waals surface area contributed by atoms with Gasteiger partial charge in [-0.3, -0.25) is 9.89 Å². The lowest BCUT2D eigenvalue weighted by Gasteiger charge is -1.98. The van der Waals surface area contributed by atoms with Crippen molar-refractivity contribution in [1.82, 2.24) is 10.2 Å². The average molecular weight is 215 g/mol. The quantitative estimate of drug-likeness (QED) is 0.812. The number of H-pyrrole nitrogens is 1. The van der Waals surface area contributed by atoms with E-state index in [1.54, 1.807) is 6.07 Å². The van der Waals surface area contributed by atoms with Crippen LogP contribution in [0.2, 0.25) is 0 Å². The fraction of sp³-hybridized carbons (Fsp3) is 0.167. The minimum Gasteiger partial charge on any atom is -0.364 e. The van der Waals surface area contributed by atoms with Gasteiger partial charge in [0, 0.05) is 12.1 Å². The van der Waals surface area contributed by atoms with Gasteiger partial charge in [0.15, 0.2) is 0 Å². The second-order valence-corrected chi connectivity index (χ2v) is 3.81. The molecule has 0 aliphatic carbocycles. The molecule has 0 radical (unpaired) electrons. The molecule has 4 heteroatoms. The van der Waals surface area contributed by atoms with E-state index < -0.39 is 5.91 Å². The van der Waals surface area contributed by atoms with E-state index in [-0.39, 0.29) is 5.69 Å². The van der Waals surface area contributed by atoms with Crippen LogP contribution in [0.4, 0.5) is 0 Å². The van der Waals surface area contributed by atoms with E-state index in [2.05, 4.69) is 34.5 Å². The van der Waals surface area contributed by atoms with Crippen molar-refractivity contribution in [2.45, 2.75) is 13.3 Å². The predicted octanol–water partition coefficient (Wildman–Crippen LogP) is 1.41. The van der Waals surface area contributed by atoms with E-state index in [4.69, 9.17) is 5.73 Å². The number of carbonyl (C=O) groups excluding carboxylic acids is 1. The SMILES string of the molecule is Cc1ccc(Cc2cc(C(N)=O)n[nH]2)cc1. The highest BCUT2D eigenvalue weighted by Crippen LogP contribution is 2.09. The lowest BCUT2D eigenvalue weighted by molar-refractivity contribution is 0.0995. The molecule has 0 atom stereocenters. The van der Waals surface area contributed by atoms with Gasteiger partial charge in [-0.25, -0.2) is 0 Å². The maximum absolute atomic E-state index is 10.9. The van der Waals surface area contributed by atoms with Gasteiger partial charge in [-0.1, -0.05) is 29.8 Å². The summed E-state index contributed by atoms with van der Waals surface area (Å²) in [5.41, 5.74) is 8.68. The number of hydrogen-bond donors (Lipinski definition) is 2. The Morgan fingerprint density at radius 2 is 2.06 bits per heavy atom. The number of aromatic amines is 1. The molecule has 82 valence electrons. The summed E-state index contributed by atoms with van der Waals surface area (Å²) < 4.78 is 0. The molecule has 1 aromatic heterocycles. The molecule has 3 N–H and O–H groups in total. The first-order valence-corrected chi connectivity index (χ1v) is 5.05. The summed E-state index contributed by atoms with van der Waals surface area (Å²) in [7, 11) is 0. The van der Waals surface area contributed by atoms with Crippen LogP contribution in [0, 0.1) is 6.92 Å². The smallest absolute Gasteiger partial charge is 0.269 e. The summed E-state index contributed by atoms with van der Waals surface area (Å²) in [6.07, 6.45) is 0.723. The number of nitrogens with zero attached hydrogens (tertiary/aromatic N) is 1. The van der Waals surface area contributed by atoms with Crippen LogP contribution in [0.3, 0.4) is 0 Å². The number of aromatic nitrogens is 2. The van der Waals surface area contributed by atoms with Gasteiger partial charge in [0.2, 0.25) is 0 Å². The Bertz CT molecular complexity index is 499. The van der Waals surface area contributed by atoms with Gasteiger partial charge in [-0.15, -0.1) is 0 Å². The molecule has 0 unspecified atom stereocenters. The summed E-state index contributed by atoms with van der Waals surface area (Å²) in [4.78, 5) is 10.9. The lowest BCUT2D eigenvalue weighted by atomic mass is 10.1. The number of rotatable bonds is 3. The fourth-order valence-electron chi connectivity index (χ4n) is 1.50. The third-order valence-electron chi connectivity index (χ3n) is 2.40. The van der Waals surface area contributed by atoms with Crippen molar-refractivity contribution in [2.75, 3.05) is 0 Å². The van der Waals surface area contributed by atoms with Gasteiger partial charge in [0.1, 0.15) is 5.69 Å². The lowest BCUT2D eigenvalue weighted by Crippen LogP contribution is -2.10. The summed E-state index contributed by atoms with van der Waals surface area (Å²) in [5, 5.41) is 6.63. The topological polar surface area (TPSA) is 71.8 Å². The zero-order valence-electron chi connectivity index (χ0n) is 9.03. The largest absolute Gasteiger partial charge is 0.364 e. The molecular weight excluding hydrogens is 202 g/mol. The number of hydrogen-bond acceptors (Lipinski definition) is 2. The van der Waals surface area contributed by atoms with Crippen molar-refractivity contribution in [3.05, 3.63) is 52.8 Å². The summed E-state index contributed by atoms with van der Waals surface area (Å²) in [6, 6.07) is 9.91. The monoisotopic (exact) mass is 215 g/mol. The summed E-state index contributed by atoms with van der Waals surface area (Å²) >= 11 is 0. The fourth-order valence-corrected chi connectivity index (χ4v) is 1.50. The minimum atomic E-state index is -0.508. The maximum atomic E-state index is 10.9. The second-order valence-electron chi connectivity index (χ2n) is 3.81. The summed E-state index contributed by atoms with van der Waals surface area (Å²) in [5.74, 6) is -0.508. The third kappa shape index (κ3) is 2.28. The van der Waals surface area contributed by atoms with Crippen LogP contribution in [0.1, 0.15) is 27.3 Å². The van der Waals surface area contributed by atoms with Crippen LogP contribution < -0.4 is 5.73 Å². The summed E-state index contributed by atoms with van der Waals surface area (Å²) in [6.45, 7) is 2.05. The number of amides is 1. The van der Waals surface area contributed by atoms with Gasteiger partial charge in [0.25, 0.3) is 5.91 Å². The second kappa shape index (κ2) is 4.18. The highest BCUT2D eigenvalue weighted by Gasteiger charge is 2.06. The molecule has 0 saturated carbocycles. The molecule has 0 aliphatic heterocycles. The molecule has 0 fully saturated rings. The number of aryl methyl sites for hydroxylation is 1. The van der Waals surface area contributed by atoms with Gasteiger partial charge >= 0.3 is 0 Å². The van der Waals surface area contributed by atoms with Gasteiger partial charge in [-0.05, 0) is 18.6 Å². The van der Waals surface area contributed by atoms with Crippen molar-refractivity contribution >= 4 is 5.91 Å². The number of primary amides is 1. The molecule has 4 nitrogen and oxygen atoms in total. The Morgan fingerprint density at radius 1 is 1.38 bits per heavy atom. The highest BCUT2D eigenvalue weighted by molar-refractivity contribution is 5.90. The van der Waals surface area contributed by atoms with E-state index >= 15 is 0 Å². The van der Waals surface area contributed by atoms with Gasteiger partial charge < -0.3 is 5.73 Å². The Hall–Kier alpha value is -2.10. The molecular formula is C12H13N3O. The molecule has 0 aliphatic rings. The van der Waals surface area contributed by atoms with Crippen molar-refractivity contribution < 1.29 is 4.79 Å². The minimum absolute atomic E-state index is 0.280. The van der Waals surface area contributed by atoms with E-state index in [0.29, 0.717) is 0 Å². The number of nitrogens with two attached hydrogens (primary N) is 1. The Morgan fingerprint density at radius 3 is 2.62 bits per heavy atom. The standard InChI is InChI=1S/C12H13N3O/c1-8-2-4-9(5-3-8)6-10-7-11(12(13)16)15-14-10/h2-5,7H,6H2,1H3,(H2,13,16)(H,14,15). The first kappa shape index (κ1) is 10.4. The van der Waals surface area contributed by atoms with Crippen molar-refractivity contribution in [3.63, 3.8) is 0 Å². The molecule has 2 aromatic rings. The molecule has 1 amide bonds. The van der Waals surface area contributed by atoms with Crippen LogP contribution in [0.15, 0.2) is 30.3 Å². The molecule has 1 heterocycles. The van der Waals surface area contributed by atoms with Gasteiger partial charge in [0.05, 0.1) is 0 Å². The van der Waals surface area contributed by atoms with Crippen LogP contribution in [-0.2, 0) is 6.42 Å². The van der Waals surface area contributed by atoms with Crippen molar-refractivity contribution in [3.8, 4) is 0 Å². The Kier molecular flexibility index (Phi) is 2.72. The maximum Gasteiger partial charge on any atom is 0.269 e. The number of nitrogens with one attached hydrogen (secondary N) is 1. The number of carbonyl (C=O) groups is 1. The molecule has 0 spiro atoms. The van der Waals surface area contributed by atoms with Crippen molar-refractivity contribution in [1.29, 1.82) is 0 Å². The zero-order chi connectivity index (χ0) is 11.5. The van der Waals surface area contributed by atoms with E-state index in [1.807, 2.05) is 6.92 Å². The van der Waals surface area contributed by atoms with Crippen molar-refractivity contribution in [2.24, 2.45) is 5.73 Å². The molecule has 2 rings (SSSR count). The molecule has 1 aromatic carbocycles. The van der Waals surface area contributed by atoms with Crippen LogP contribution in [0.5, 0.6) is 0 Å².